The van der Waals surface area contributed by atoms with Crippen LogP contribution in [0.4, 0.5) is 0 Å². The van der Waals surface area contributed by atoms with E-state index in [1.165, 1.54) is 0 Å². The van der Waals surface area contributed by atoms with Gasteiger partial charge in [0.1, 0.15) is 0 Å². The highest BCUT2D eigenvalue weighted by Gasteiger charge is 2.18. The molecule has 0 radical (unpaired) electrons. The van der Waals surface area contributed by atoms with Crippen molar-refractivity contribution in [3.8, 4) is 11.3 Å². The first-order valence-corrected chi connectivity index (χ1v) is 7.04. The Balaban J connectivity index is 2.05. The number of nitrogens with one attached hydrogen (secondary N) is 1. The Kier molecular flexibility index (Phi) is 5.11. The molecule has 0 saturated heterocycles. The maximum absolute atomic E-state index is 12.1. The lowest BCUT2D eigenvalue weighted by atomic mass is 10.0. The summed E-state index contributed by atoms with van der Waals surface area (Å²) in [6, 6.07) is 10.8. The average molecular weight is 288 g/mol. The van der Waals surface area contributed by atoms with Crippen LogP contribution in [-0.2, 0) is 0 Å². The first-order valence-electron chi connectivity index (χ1n) is 7.04. The van der Waals surface area contributed by atoms with Gasteiger partial charge in [-0.15, -0.1) is 0 Å². The zero-order chi connectivity index (χ0) is 15.2. The molecule has 21 heavy (non-hydrogen) atoms. The summed E-state index contributed by atoms with van der Waals surface area (Å²) in [5.41, 5.74) is 1.08. The molecular formula is C16H20N2O3. The molecule has 1 amide bonds. The Morgan fingerprint density at radius 2 is 2.05 bits per heavy atom. The van der Waals surface area contributed by atoms with Crippen LogP contribution in [0.25, 0.3) is 11.3 Å². The zero-order valence-electron chi connectivity index (χ0n) is 12.2. The molecular weight excluding hydrogens is 268 g/mol. The van der Waals surface area contributed by atoms with E-state index in [-0.39, 0.29) is 24.2 Å². The van der Waals surface area contributed by atoms with Gasteiger partial charge in [0, 0.05) is 11.6 Å². The molecule has 5 nitrogen and oxygen atoms in total. The molecule has 1 aromatic heterocycles. The standard InChI is InChI=1S/C16H20N2O3/c1-11(2)8-13(10-19)17-16(20)14-9-15(21-18-14)12-6-4-3-5-7-12/h3-7,9,11,13,19H,8,10H2,1-2H3,(H,17,20)/t13-/m1/s1. The van der Waals surface area contributed by atoms with E-state index in [1.807, 2.05) is 44.2 Å². The number of aliphatic hydroxyl groups is 1. The summed E-state index contributed by atoms with van der Waals surface area (Å²) in [6.45, 7) is 3.99. The molecule has 112 valence electrons. The van der Waals surface area contributed by atoms with E-state index >= 15 is 0 Å². The summed E-state index contributed by atoms with van der Waals surface area (Å²) >= 11 is 0. The van der Waals surface area contributed by atoms with Crippen LogP contribution in [0.5, 0.6) is 0 Å². The smallest absolute Gasteiger partial charge is 0.273 e. The van der Waals surface area contributed by atoms with E-state index in [0.29, 0.717) is 18.1 Å². The Morgan fingerprint density at radius 1 is 1.33 bits per heavy atom. The fourth-order valence-corrected chi connectivity index (χ4v) is 2.13. The Hall–Kier alpha value is -2.14. The first-order chi connectivity index (χ1) is 10.1. The summed E-state index contributed by atoms with van der Waals surface area (Å²) in [5.74, 6) is 0.602. The number of hydrogen-bond acceptors (Lipinski definition) is 4. The fourth-order valence-electron chi connectivity index (χ4n) is 2.13. The minimum atomic E-state index is -0.333. The lowest BCUT2D eigenvalue weighted by molar-refractivity contribution is 0.0899. The molecule has 0 saturated carbocycles. The van der Waals surface area contributed by atoms with E-state index in [9.17, 15) is 9.90 Å². The van der Waals surface area contributed by atoms with E-state index in [4.69, 9.17) is 4.52 Å². The van der Waals surface area contributed by atoms with Crippen LogP contribution in [0.1, 0.15) is 30.8 Å². The van der Waals surface area contributed by atoms with Crippen molar-refractivity contribution in [3.63, 3.8) is 0 Å². The third-order valence-electron chi connectivity index (χ3n) is 3.11. The van der Waals surface area contributed by atoms with Crippen LogP contribution in [0.3, 0.4) is 0 Å². The number of hydrogen-bond donors (Lipinski definition) is 2. The van der Waals surface area contributed by atoms with Gasteiger partial charge < -0.3 is 14.9 Å². The topological polar surface area (TPSA) is 75.4 Å². The molecule has 2 aromatic rings. The van der Waals surface area contributed by atoms with Crippen LogP contribution >= 0.6 is 0 Å². The molecule has 0 aliphatic rings. The number of aromatic nitrogens is 1. The minimum absolute atomic E-state index is 0.0900. The van der Waals surface area contributed by atoms with Crippen molar-refractivity contribution in [3.05, 3.63) is 42.1 Å². The number of nitrogens with zero attached hydrogens (tertiary/aromatic N) is 1. The quantitative estimate of drug-likeness (QED) is 0.856. The SMILES string of the molecule is CC(C)C[C@H](CO)NC(=O)c1cc(-c2ccccc2)on1. The van der Waals surface area contributed by atoms with Gasteiger partial charge in [-0.3, -0.25) is 4.79 Å². The number of amides is 1. The van der Waals surface area contributed by atoms with Crippen LogP contribution in [0.15, 0.2) is 40.9 Å². The summed E-state index contributed by atoms with van der Waals surface area (Å²) < 4.78 is 5.19. The van der Waals surface area contributed by atoms with Crippen molar-refractivity contribution in [1.29, 1.82) is 0 Å². The molecule has 0 unspecified atom stereocenters. The molecule has 0 fully saturated rings. The van der Waals surface area contributed by atoms with Crippen LogP contribution in [-0.4, -0.2) is 28.8 Å². The fraction of sp³-hybridized carbons (Fsp3) is 0.375. The molecule has 1 heterocycles. The van der Waals surface area contributed by atoms with Crippen molar-refractivity contribution < 1.29 is 14.4 Å². The van der Waals surface area contributed by atoms with Gasteiger partial charge in [0.05, 0.1) is 12.6 Å². The maximum atomic E-state index is 12.1. The highest BCUT2D eigenvalue weighted by atomic mass is 16.5. The van der Waals surface area contributed by atoms with Crippen molar-refractivity contribution in [2.45, 2.75) is 26.3 Å². The second-order valence-electron chi connectivity index (χ2n) is 5.42. The molecule has 0 bridgehead atoms. The zero-order valence-corrected chi connectivity index (χ0v) is 12.2. The summed E-state index contributed by atoms with van der Waals surface area (Å²) in [6.07, 6.45) is 0.714. The number of benzene rings is 1. The monoisotopic (exact) mass is 288 g/mol. The average Bonchev–Trinajstić information content (AvgIpc) is 2.97. The lowest BCUT2D eigenvalue weighted by Gasteiger charge is -2.17. The third kappa shape index (κ3) is 4.16. The van der Waals surface area contributed by atoms with Gasteiger partial charge >= 0.3 is 0 Å². The van der Waals surface area contributed by atoms with Gasteiger partial charge in [-0.05, 0) is 12.3 Å². The number of aliphatic hydroxyl groups excluding tert-OH is 1. The van der Waals surface area contributed by atoms with Gasteiger partial charge in [-0.25, -0.2) is 0 Å². The summed E-state index contributed by atoms with van der Waals surface area (Å²) in [5, 5.41) is 15.9. The largest absolute Gasteiger partial charge is 0.394 e. The summed E-state index contributed by atoms with van der Waals surface area (Å²) in [7, 11) is 0. The molecule has 2 rings (SSSR count). The molecule has 0 aliphatic heterocycles. The molecule has 1 aromatic carbocycles. The number of carbonyl (C=O) groups is 1. The van der Waals surface area contributed by atoms with Gasteiger partial charge in [-0.1, -0.05) is 49.3 Å². The first kappa shape index (κ1) is 15.3. The molecule has 0 aliphatic carbocycles. The van der Waals surface area contributed by atoms with E-state index in [1.54, 1.807) is 6.07 Å². The normalized spacial score (nSPS) is 12.4. The molecule has 5 heteroatoms. The van der Waals surface area contributed by atoms with Crippen molar-refractivity contribution in [1.82, 2.24) is 10.5 Å². The highest BCUT2D eigenvalue weighted by Crippen LogP contribution is 2.19. The van der Waals surface area contributed by atoms with Crippen molar-refractivity contribution >= 4 is 5.91 Å². The Morgan fingerprint density at radius 3 is 2.67 bits per heavy atom. The summed E-state index contributed by atoms with van der Waals surface area (Å²) in [4.78, 5) is 12.1. The third-order valence-corrected chi connectivity index (χ3v) is 3.11. The van der Waals surface area contributed by atoms with Crippen LogP contribution in [0.2, 0.25) is 0 Å². The van der Waals surface area contributed by atoms with E-state index in [2.05, 4.69) is 10.5 Å². The minimum Gasteiger partial charge on any atom is -0.394 e. The lowest BCUT2D eigenvalue weighted by Crippen LogP contribution is -2.38. The van der Waals surface area contributed by atoms with E-state index < -0.39 is 0 Å². The van der Waals surface area contributed by atoms with Gasteiger partial charge in [0.15, 0.2) is 11.5 Å². The van der Waals surface area contributed by atoms with Gasteiger partial charge in [0.2, 0.25) is 0 Å². The van der Waals surface area contributed by atoms with Crippen molar-refractivity contribution in [2.24, 2.45) is 5.92 Å². The van der Waals surface area contributed by atoms with E-state index in [0.717, 1.165) is 5.56 Å². The Bertz CT molecular complexity index is 578. The maximum Gasteiger partial charge on any atom is 0.273 e. The molecule has 0 spiro atoms. The Labute approximate surface area is 124 Å². The highest BCUT2D eigenvalue weighted by molar-refractivity contribution is 5.93. The van der Waals surface area contributed by atoms with Gasteiger partial charge in [-0.2, -0.15) is 0 Å². The second kappa shape index (κ2) is 7.04. The number of carbonyl (C=O) groups excluding carboxylic acids is 1. The van der Waals surface area contributed by atoms with Crippen LogP contribution in [0, 0.1) is 5.92 Å². The van der Waals surface area contributed by atoms with Crippen LogP contribution < -0.4 is 5.32 Å². The second-order valence-corrected chi connectivity index (χ2v) is 5.42. The number of rotatable bonds is 6. The predicted molar refractivity (Wildman–Crippen MR) is 79.7 cm³/mol. The molecule has 1 atom stereocenters. The van der Waals surface area contributed by atoms with Crippen molar-refractivity contribution in [2.75, 3.05) is 6.61 Å². The van der Waals surface area contributed by atoms with Gasteiger partial charge in [0.25, 0.3) is 5.91 Å². The predicted octanol–water partition coefficient (Wildman–Crippen LogP) is 2.48. The molecule has 2 N–H and O–H groups in total.